The van der Waals surface area contributed by atoms with Crippen LogP contribution in [0.4, 0.5) is 0 Å². The van der Waals surface area contributed by atoms with Gasteiger partial charge in [-0.05, 0) is 51.9 Å². The molecule has 0 spiro atoms. The van der Waals surface area contributed by atoms with Crippen LogP contribution in [-0.4, -0.2) is 17.3 Å². The first kappa shape index (κ1) is 17.4. The van der Waals surface area contributed by atoms with Crippen LogP contribution in [0.3, 0.4) is 0 Å². The lowest BCUT2D eigenvalue weighted by Gasteiger charge is -2.12. The third kappa shape index (κ3) is 11.9. The van der Waals surface area contributed by atoms with Gasteiger partial charge in [0.05, 0.1) is 6.10 Å². The van der Waals surface area contributed by atoms with Crippen LogP contribution in [0.2, 0.25) is 0 Å². The Morgan fingerprint density at radius 2 is 1.56 bits per heavy atom. The molecule has 0 aromatic heterocycles. The summed E-state index contributed by atoms with van der Waals surface area (Å²) in [5.41, 5.74) is 5.59. The summed E-state index contributed by atoms with van der Waals surface area (Å²) in [6.07, 6.45) is 16.6. The van der Waals surface area contributed by atoms with E-state index in [1.807, 2.05) is 13.0 Å². The average molecular weight is 253 g/mol. The Hall–Kier alpha value is -0.600. The summed E-state index contributed by atoms with van der Waals surface area (Å²) in [5, 5.41) is 9.51. The van der Waals surface area contributed by atoms with Gasteiger partial charge in [-0.25, -0.2) is 0 Å². The van der Waals surface area contributed by atoms with Crippen molar-refractivity contribution in [1.29, 1.82) is 0 Å². The van der Waals surface area contributed by atoms with E-state index in [2.05, 4.69) is 18.7 Å². The average Bonchev–Trinajstić information content (AvgIpc) is 2.35. The van der Waals surface area contributed by atoms with Gasteiger partial charge in [-0.15, -0.1) is 6.58 Å². The summed E-state index contributed by atoms with van der Waals surface area (Å²) in [7, 11) is 0. The van der Waals surface area contributed by atoms with Crippen molar-refractivity contribution in [2.75, 3.05) is 0 Å². The van der Waals surface area contributed by atoms with Crippen molar-refractivity contribution >= 4 is 0 Å². The highest BCUT2D eigenvalue weighted by atomic mass is 16.3. The number of allylic oxidation sites excluding steroid dienone is 3. The fourth-order valence-electron chi connectivity index (χ4n) is 1.85. The van der Waals surface area contributed by atoms with Crippen molar-refractivity contribution in [2.45, 2.75) is 76.9 Å². The van der Waals surface area contributed by atoms with E-state index in [0.29, 0.717) is 0 Å². The molecule has 2 atom stereocenters. The SMILES string of the molecule is C=CCCCCCC/C=C/CCCC(O)C(C)N. The van der Waals surface area contributed by atoms with Gasteiger partial charge in [-0.1, -0.05) is 31.1 Å². The van der Waals surface area contributed by atoms with E-state index >= 15 is 0 Å². The molecule has 18 heavy (non-hydrogen) atoms. The second-order valence-corrected chi connectivity index (χ2v) is 5.11. The molecule has 0 aliphatic rings. The lowest BCUT2D eigenvalue weighted by atomic mass is 10.1. The number of nitrogens with two attached hydrogens (primary N) is 1. The maximum absolute atomic E-state index is 9.51. The first-order valence-electron chi connectivity index (χ1n) is 7.38. The van der Waals surface area contributed by atoms with Crippen LogP contribution in [0.15, 0.2) is 24.8 Å². The van der Waals surface area contributed by atoms with Gasteiger partial charge in [-0.2, -0.15) is 0 Å². The molecule has 2 nitrogen and oxygen atoms in total. The predicted molar refractivity (Wildman–Crippen MR) is 80.5 cm³/mol. The van der Waals surface area contributed by atoms with E-state index in [1.54, 1.807) is 0 Å². The van der Waals surface area contributed by atoms with Gasteiger partial charge in [0.1, 0.15) is 0 Å². The molecule has 0 fully saturated rings. The summed E-state index contributed by atoms with van der Waals surface area (Å²) >= 11 is 0. The second-order valence-electron chi connectivity index (χ2n) is 5.11. The number of unbranched alkanes of at least 4 members (excludes halogenated alkanes) is 6. The van der Waals surface area contributed by atoms with Crippen LogP contribution in [0, 0.1) is 0 Å². The molecular weight excluding hydrogens is 222 g/mol. The quantitative estimate of drug-likeness (QED) is 0.408. The Kier molecular flexibility index (Phi) is 12.4. The molecule has 0 aromatic rings. The lowest BCUT2D eigenvalue weighted by Crippen LogP contribution is -2.31. The maximum atomic E-state index is 9.51. The highest BCUT2D eigenvalue weighted by Crippen LogP contribution is 2.08. The van der Waals surface area contributed by atoms with Gasteiger partial charge in [0.15, 0.2) is 0 Å². The molecular formula is C16H31NO. The Labute approximate surface area is 113 Å². The summed E-state index contributed by atoms with van der Waals surface area (Å²) < 4.78 is 0. The highest BCUT2D eigenvalue weighted by molar-refractivity contribution is 4.82. The normalized spacial score (nSPS) is 14.8. The molecule has 0 aliphatic heterocycles. The Balaban J connectivity index is 3.21. The van der Waals surface area contributed by atoms with Crippen molar-refractivity contribution in [3.8, 4) is 0 Å². The molecule has 3 N–H and O–H groups in total. The van der Waals surface area contributed by atoms with Crippen LogP contribution in [0.25, 0.3) is 0 Å². The summed E-state index contributed by atoms with van der Waals surface area (Å²) in [5.74, 6) is 0. The van der Waals surface area contributed by atoms with Crippen LogP contribution in [0.1, 0.15) is 64.7 Å². The van der Waals surface area contributed by atoms with Gasteiger partial charge in [0.2, 0.25) is 0 Å². The summed E-state index contributed by atoms with van der Waals surface area (Å²) in [6.45, 7) is 5.58. The van der Waals surface area contributed by atoms with Crippen LogP contribution in [0.5, 0.6) is 0 Å². The standard InChI is InChI=1S/C16H31NO/c1-3-4-5-6-7-8-9-10-11-12-13-14-16(18)15(2)17/h3,10-11,15-16,18H,1,4-9,12-14,17H2,2H3/b11-10+. The molecule has 2 unspecified atom stereocenters. The summed E-state index contributed by atoms with van der Waals surface area (Å²) in [6, 6.07) is -0.107. The smallest absolute Gasteiger partial charge is 0.0688 e. The van der Waals surface area contributed by atoms with E-state index in [1.165, 1.54) is 32.1 Å². The monoisotopic (exact) mass is 253 g/mol. The Bertz CT molecular complexity index is 211. The van der Waals surface area contributed by atoms with Crippen molar-refractivity contribution in [2.24, 2.45) is 5.73 Å². The van der Waals surface area contributed by atoms with E-state index < -0.39 is 0 Å². The third-order valence-electron chi connectivity index (χ3n) is 3.17. The fourth-order valence-corrected chi connectivity index (χ4v) is 1.85. The molecule has 0 aromatic carbocycles. The zero-order valence-electron chi connectivity index (χ0n) is 12.0. The van der Waals surface area contributed by atoms with E-state index in [-0.39, 0.29) is 12.1 Å². The van der Waals surface area contributed by atoms with Crippen LogP contribution in [-0.2, 0) is 0 Å². The number of hydrogen-bond acceptors (Lipinski definition) is 2. The minimum atomic E-state index is -0.344. The molecule has 0 aliphatic carbocycles. The van der Waals surface area contributed by atoms with Crippen LogP contribution < -0.4 is 5.73 Å². The molecule has 0 rings (SSSR count). The van der Waals surface area contributed by atoms with Crippen molar-refractivity contribution < 1.29 is 5.11 Å². The predicted octanol–water partition coefficient (Wildman–Crippen LogP) is 3.95. The van der Waals surface area contributed by atoms with E-state index in [9.17, 15) is 5.11 Å². The number of aliphatic hydroxyl groups is 1. The molecule has 0 radical (unpaired) electrons. The Morgan fingerprint density at radius 3 is 2.11 bits per heavy atom. The van der Waals surface area contributed by atoms with Crippen molar-refractivity contribution in [1.82, 2.24) is 0 Å². The number of aliphatic hydroxyl groups excluding tert-OH is 1. The maximum Gasteiger partial charge on any atom is 0.0688 e. The molecule has 0 heterocycles. The van der Waals surface area contributed by atoms with Crippen molar-refractivity contribution in [3.63, 3.8) is 0 Å². The molecule has 0 amide bonds. The minimum Gasteiger partial charge on any atom is -0.392 e. The second kappa shape index (κ2) is 12.8. The molecule has 2 heteroatoms. The van der Waals surface area contributed by atoms with Gasteiger partial charge in [-0.3, -0.25) is 0 Å². The van der Waals surface area contributed by atoms with Gasteiger partial charge in [0.25, 0.3) is 0 Å². The lowest BCUT2D eigenvalue weighted by molar-refractivity contribution is 0.139. The fraction of sp³-hybridized carbons (Fsp3) is 0.750. The first-order valence-corrected chi connectivity index (χ1v) is 7.38. The van der Waals surface area contributed by atoms with E-state index in [0.717, 1.165) is 25.7 Å². The molecule has 0 saturated carbocycles. The van der Waals surface area contributed by atoms with Gasteiger partial charge in [0, 0.05) is 6.04 Å². The van der Waals surface area contributed by atoms with Crippen LogP contribution >= 0.6 is 0 Å². The molecule has 106 valence electrons. The molecule has 0 bridgehead atoms. The molecule has 0 saturated heterocycles. The number of hydrogen-bond donors (Lipinski definition) is 2. The number of rotatable bonds is 12. The van der Waals surface area contributed by atoms with Crippen molar-refractivity contribution in [3.05, 3.63) is 24.8 Å². The minimum absolute atomic E-state index is 0.107. The van der Waals surface area contributed by atoms with Gasteiger partial charge < -0.3 is 10.8 Å². The Morgan fingerprint density at radius 1 is 1.00 bits per heavy atom. The zero-order valence-corrected chi connectivity index (χ0v) is 12.0. The first-order chi connectivity index (χ1) is 8.68. The zero-order chi connectivity index (χ0) is 13.6. The third-order valence-corrected chi connectivity index (χ3v) is 3.17. The van der Waals surface area contributed by atoms with E-state index in [4.69, 9.17) is 5.73 Å². The summed E-state index contributed by atoms with van der Waals surface area (Å²) in [4.78, 5) is 0. The largest absolute Gasteiger partial charge is 0.392 e. The topological polar surface area (TPSA) is 46.2 Å². The highest BCUT2D eigenvalue weighted by Gasteiger charge is 2.07. The van der Waals surface area contributed by atoms with Gasteiger partial charge >= 0.3 is 0 Å².